The van der Waals surface area contributed by atoms with Crippen molar-refractivity contribution in [1.29, 1.82) is 0 Å². The SMILES string of the molecule is CCCCCCCCCCCCCCCOC(=O)CCC(N)C=O. The summed E-state index contributed by atoms with van der Waals surface area (Å²) in [6, 6.07) is -0.547. The number of hydrogen-bond acceptors (Lipinski definition) is 4. The molecule has 0 bridgehead atoms. The highest BCUT2D eigenvalue weighted by Gasteiger charge is 2.06. The van der Waals surface area contributed by atoms with Crippen molar-refractivity contribution in [2.45, 2.75) is 109 Å². The van der Waals surface area contributed by atoms with Crippen LogP contribution in [-0.2, 0) is 14.3 Å². The van der Waals surface area contributed by atoms with E-state index in [0.717, 1.165) is 12.8 Å². The molecule has 0 aromatic rings. The van der Waals surface area contributed by atoms with Crippen LogP contribution in [0.15, 0.2) is 0 Å². The Kier molecular flexibility index (Phi) is 17.7. The van der Waals surface area contributed by atoms with Crippen molar-refractivity contribution in [3.05, 3.63) is 0 Å². The van der Waals surface area contributed by atoms with Crippen molar-refractivity contribution in [3.8, 4) is 0 Å². The maximum Gasteiger partial charge on any atom is 0.305 e. The van der Waals surface area contributed by atoms with Gasteiger partial charge < -0.3 is 15.3 Å². The minimum atomic E-state index is -0.547. The molecule has 0 rings (SSSR count). The molecule has 0 aliphatic heterocycles. The van der Waals surface area contributed by atoms with Crippen LogP contribution in [0.5, 0.6) is 0 Å². The fourth-order valence-electron chi connectivity index (χ4n) is 2.73. The Bertz CT molecular complexity index is 295. The summed E-state index contributed by atoms with van der Waals surface area (Å²) >= 11 is 0. The number of rotatable bonds is 18. The fraction of sp³-hybridized carbons (Fsp3) is 0.900. The number of esters is 1. The predicted molar refractivity (Wildman–Crippen MR) is 99.9 cm³/mol. The van der Waals surface area contributed by atoms with Gasteiger partial charge in [0.15, 0.2) is 0 Å². The Morgan fingerprint density at radius 3 is 1.79 bits per heavy atom. The van der Waals surface area contributed by atoms with E-state index in [1.54, 1.807) is 0 Å². The molecule has 0 heterocycles. The van der Waals surface area contributed by atoms with Crippen molar-refractivity contribution < 1.29 is 14.3 Å². The number of aldehydes is 1. The first kappa shape index (κ1) is 23.1. The van der Waals surface area contributed by atoms with Crippen LogP contribution in [0.4, 0.5) is 0 Å². The maximum atomic E-state index is 11.4. The van der Waals surface area contributed by atoms with Crippen LogP contribution in [0, 0.1) is 0 Å². The van der Waals surface area contributed by atoms with Gasteiger partial charge in [-0.3, -0.25) is 4.79 Å². The molecule has 1 atom stereocenters. The Balaban J connectivity index is 3.14. The van der Waals surface area contributed by atoms with E-state index in [1.807, 2.05) is 0 Å². The molecule has 142 valence electrons. The molecule has 1 unspecified atom stereocenters. The van der Waals surface area contributed by atoms with Crippen LogP contribution in [-0.4, -0.2) is 24.9 Å². The number of nitrogens with two attached hydrogens (primary N) is 1. The van der Waals surface area contributed by atoms with E-state index in [1.165, 1.54) is 70.6 Å². The van der Waals surface area contributed by atoms with Gasteiger partial charge in [-0.05, 0) is 12.8 Å². The van der Waals surface area contributed by atoms with E-state index >= 15 is 0 Å². The van der Waals surface area contributed by atoms with Crippen molar-refractivity contribution in [3.63, 3.8) is 0 Å². The van der Waals surface area contributed by atoms with Gasteiger partial charge in [0.1, 0.15) is 6.29 Å². The zero-order valence-corrected chi connectivity index (χ0v) is 15.8. The van der Waals surface area contributed by atoms with Crippen LogP contribution >= 0.6 is 0 Å². The molecule has 0 aromatic carbocycles. The Hall–Kier alpha value is -0.900. The average Bonchev–Trinajstić information content (AvgIpc) is 2.59. The second-order valence-corrected chi connectivity index (χ2v) is 6.80. The molecule has 0 amide bonds. The van der Waals surface area contributed by atoms with Crippen LogP contribution in [0.2, 0.25) is 0 Å². The number of hydrogen-bond donors (Lipinski definition) is 1. The zero-order chi connectivity index (χ0) is 17.9. The molecular weight excluding hydrogens is 302 g/mol. The van der Waals surface area contributed by atoms with Gasteiger partial charge in [0, 0.05) is 6.42 Å². The first-order valence-corrected chi connectivity index (χ1v) is 10.1. The molecule has 0 aliphatic carbocycles. The fourth-order valence-corrected chi connectivity index (χ4v) is 2.73. The summed E-state index contributed by atoms with van der Waals surface area (Å²) in [5.74, 6) is -0.244. The lowest BCUT2D eigenvalue weighted by Crippen LogP contribution is -2.22. The molecule has 0 aromatic heterocycles. The third-order valence-corrected chi connectivity index (χ3v) is 4.37. The highest BCUT2D eigenvalue weighted by atomic mass is 16.5. The summed E-state index contributed by atoms with van der Waals surface area (Å²) in [5.41, 5.74) is 5.43. The van der Waals surface area contributed by atoms with Crippen LogP contribution in [0.1, 0.15) is 103 Å². The lowest BCUT2D eigenvalue weighted by Gasteiger charge is -2.06. The highest BCUT2D eigenvalue weighted by Crippen LogP contribution is 2.12. The van der Waals surface area contributed by atoms with Gasteiger partial charge in [0.25, 0.3) is 0 Å². The van der Waals surface area contributed by atoms with Crippen LogP contribution in [0.25, 0.3) is 0 Å². The summed E-state index contributed by atoms with van der Waals surface area (Å²) in [4.78, 5) is 21.7. The molecule has 0 fully saturated rings. The number of carbonyl (C=O) groups excluding carboxylic acids is 2. The molecule has 0 saturated heterocycles. The van der Waals surface area contributed by atoms with E-state index in [4.69, 9.17) is 10.5 Å². The summed E-state index contributed by atoms with van der Waals surface area (Å²) in [6.45, 7) is 2.75. The minimum absolute atomic E-state index is 0.234. The number of ether oxygens (including phenoxy) is 1. The minimum Gasteiger partial charge on any atom is -0.466 e. The summed E-state index contributed by atoms with van der Waals surface area (Å²) in [5, 5.41) is 0. The molecule has 0 saturated carbocycles. The van der Waals surface area contributed by atoms with Crippen molar-refractivity contribution in [1.82, 2.24) is 0 Å². The monoisotopic (exact) mass is 341 g/mol. The molecular formula is C20H39NO3. The summed E-state index contributed by atoms with van der Waals surface area (Å²) < 4.78 is 5.13. The van der Waals surface area contributed by atoms with Gasteiger partial charge in [-0.1, -0.05) is 84.0 Å². The third kappa shape index (κ3) is 17.5. The van der Waals surface area contributed by atoms with Gasteiger partial charge in [-0.2, -0.15) is 0 Å². The molecule has 0 radical (unpaired) electrons. The van der Waals surface area contributed by atoms with Crippen molar-refractivity contribution in [2.24, 2.45) is 5.73 Å². The second-order valence-electron chi connectivity index (χ2n) is 6.80. The quantitative estimate of drug-likeness (QED) is 0.218. The van der Waals surface area contributed by atoms with E-state index < -0.39 is 6.04 Å². The topological polar surface area (TPSA) is 69.4 Å². The van der Waals surface area contributed by atoms with Gasteiger partial charge in [-0.15, -0.1) is 0 Å². The smallest absolute Gasteiger partial charge is 0.305 e. The highest BCUT2D eigenvalue weighted by molar-refractivity contribution is 5.70. The van der Waals surface area contributed by atoms with E-state index in [-0.39, 0.29) is 12.4 Å². The molecule has 0 spiro atoms. The Morgan fingerprint density at radius 2 is 1.33 bits per heavy atom. The standard InChI is InChI=1S/C20H39NO3/c1-2-3-4-5-6-7-8-9-10-11-12-13-14-17-24-20(23)16-15-19(21)18-22/h18-19H,2-17,21H2,1H3. The average molecular weight is 342 g/mol. The molecule has 4 nitrogen and oxygen atoms in total. The van der Waals surface area contributed by atoms with Crippen molar-refractivity contribution >= 4 is 12.3 Å². The van der Waals surface area contributed by atoms with Gasteiger partial charge in [0.05, 0.1) is 12.6 Å². The lowest BCUT2D eigenvalue weighted by molar-refractivity contribution is -0.143. The molecule has 4 heteroatoms. The normalized spacial score (nSPS) is 12.1. The van der Waals surface area contributed by atoms with Gasteiger partial charge >= 0.3 is 5.97 Å². The number of carbonyl (C=O) groups is 2. The second kappa shape index (κ2) is 18.4. The molecule has 2 N–H and O–H groups in total. The predicted octanol–water partition coefficient (Wildman–Crippen LogP) is 4.93. The Morgan fingerprint density at radius 1 is 0.875 bits per heavy atom. The molecule has 24 heavy (non-hydrogen) atoms. The summed E-state index contributed by atoms with van der Waals surface area (Å²) in [7, 11) is 0. The molecule has 0 aliphatic rings. The Labute approximate surface area is 148 Å². The van der Waals surface area contributed by atoms with E-state index in [9.17, 15) is 9.59 Å². The first-order valence-electron chi connectivity index (χ1n) is 10.1. The van der Waals surface area contributed by atoms with Gasteiger partial charge in [0.2, 0.25) is 0 Å². The maximum absolute atomic E-state index is 11.4. The van der Waals surface area contributed by atoms with Crippen LogP contribution < -0.4 is 5.73 Å². The lowest BCUT2D eigenvalue weighted by atomic mass is 10.0. The first-order chi connectivity index (χ1) is 11.7. The summed E-state index contributed by atoms with van der Waals surface area (Å²) in [6.07, 6.45) is 18.3. The third-order valence-electron chi connectivity index (χ3n) is 4.37. The van der Waals surface area contributed by atoms with Crippen LogP contribution in [0.3, 0.4) is 0 Å². The largest absolute Gasteiger partial charge is 0.466 e. The van der Waals surface area contributed by atoms with E-state index in [0.29, 0.717) is 19.3 Å². The van der Waals surface area contributed by atoms with Gasteiger partial charge in [-0.25, -0.2) is 0 Å². The zero-order valence-electron chi connectivity index (χ0n) is 15.8. The number of unbranched alkanes of at least 4 members (excludes halogenated alkanes) is 12. The van der Waals surface area contributed by atoms with Crippen molar-refractivity contribution in [2.75, 3.05) is 6.61 Å². The van der Waals surface area contributed by atoms with E-state index in [2.05, 4.69) is 6.92 Å².